The molecule has 9 heavy (non-hydrogen) atoms. The lowest BCUT2D eigenvalue weighted by atomic mass is 10.3. The van der Waals surface area contributed by atoms with Crippen molar-refractivity contribution in [2.75, 3.05) is 0 Å². The third-order valence-corrected chi connectivity index (χ3v) is 1.39. The molecule has 1 unspecified atom stereocenters. The number of hydrogen-bond donors (Lipinski definition) is 2. The van der Waals surface area contributed by atoms with Gasteiger partial charge in [0.1, 0.15) is 5.76 Å². The second kappa shape index (κ2) is 3.69. The minimum atomic E-state index is -0.566. The van der Waals surface area contributed by atoms with Gasteiger partial charge in [-0.1, -0.05) is 6.58 Å². The topological polar surface area (TPSA) is 40.5 Å². The smallest absolute Gasteiger partial charge is 0.122 e. The molecule has 0 heterocycles. The molecule has 52 valence electrons. The lowest BCUT2D eigenvalue weighted by Crippen LogP contribution is -1.94. The molecule has 0 saturated carbocycles. The summed E-state index contributed by atoms with van der Waals surface area (Å²) in [5, 5.41) is 17.4. The molecule has 3 heteroatoms. The zero-order chi connectivity index (χ0) is 7.44. The second-order valence-electron chi connectivity index (χ2n) is 1.70. The highest BCUT2D eigenvalue weighted by atomic mass is 79.9. The minimum Gasteiger partial charge on any atom is -0.507 e. The van der Waals surface area contributed by atoms with E-state index >= 15 is 0 Å². The summed E-state index contributed by atoms with van der Waals surface area (Å²) in [6, 6.07) is 0. The summed E-state index contributed by atoms with van der Waals surface area (Å²) in [7, 11) is 0. The monoisotopic (exact) mass is 192 g/mol. The Bertz CT molecular complexity index is 138. The van der Waals surface area contributed by atoms with Crippen LogP contribution in [-0.4, -0.2) is 16.3 Å². The minimum absolute atomic E-state index is 0.0732. The summed E-state index contributed by atoms with van der Waals surface area (Å²) in [4.78, 5) is 0. The van der Waals surface area contributed by atoms with Gasteiger partial charge < -0.3 is 10.2 Å². The highest BCUT2D eigenvalue weighted by Gasteiger charge is 1.95. The molecule has 0 spiro atoms. The van der Waals surface area contributed by atoms with Crippen LogP contribution in [0.15, 0.2) is 22.9 Å². The van der Waals surface area contributed by atoms with E-state index in [1.165, 1.54) is 6.08 Å². The van der Waals surface area contributed by atoms with Crippen LogP contribution in [-0.2, 0) is 0 Å². The van der Waals surface area contributed by atoms with Crippen LogP contribution in [0.2, 0.25) is 0 Å². The van der Waals surface area contributed by atoms with Crippen molar-refractivity contribution in [3.05, 3.63) is 22.9 Å². The third-order valence-electron chi connectivity index (χ3n) is 0.663. The fraction of sp³-hybridized carbons (Fsp3) is 0.333. The first-order valence-electron chi connectivity index (χ1n) is 2.47. The number of halogens is 1. The first kappa shape index (κ1) is 8.72. The molecular weight excluding hydrogens is 184 g/mol. The maximum absolute atomic E-state index is 8.71. The van der Waals surface area contributed by atoms with E-state index < -0.39 is 6.10 Å². The van der Waals surface area contributed by atoms with Crippen molar-refractivity contribution in [1.82, 2.24) is 0 Å². The maximum Gasteiger partial charge on any atom is 0.122 e. The molecule has 0 amide bonds. The van der Waals surface area contributed by atoms with Crippen LogP contribution in [0.3, 0.4) is 0 Å². The van der Waals surface area contributed by atoms with Crippen molar-refractivity contribution in [3.63, 3.8) is 0 Å². The summed E-state index contributed by atoms with van der Waals surface area (Å²) in [6.45, 7) is 4.82. The number of aliphatic hydroxyl groups is 2. The first-order chi connectivity index (χ1) is 4.04. The largest absolute Gasteiger partial charge is 0.507 e. The molecule has 0 aliphatic heterocycles. The molecular formula is C6H9BrO2. The van der Waals surface area contributed by atoms with E-state index in [1.807, 2.05) is 0 Å². The Kier molecular flexibility index (Phi) is 3.58. The number of allylic oxidation sites excluding steroid dienone is 1. The Balaban J connectivity index is 4.00. The molecule has 0 radical (unpaired) electrons. The summed E-state index contributed by atoms with van der Waals surface area (Å²) in [5.41, 5.74) is 0. The standard InChI is InChI=1S/C6H9BrO2/c1-4(8)3-6(7)5(2)9/h3-4,8-9H,2H2,1H3/b6-3+. The van der Waals surface area contributed by atoms with Gasteiger partial charge in [0.2, 0.25) is 0 Å². The average Bonchev–Trinajstić information content (AvgIpc) is 1.63. The summed E-state index contributed by atoms with van der Waals surface area (Å²) in [5.74, 6) is -0.0732. The Hall–Kier alpha value is -0.280. The van der Waals surface area contributed by atoms with E-state index in [9.17, 15) is 0 Å². The van der Waals surface area contributed by atoms with Gasteiger partial charge in [0.25, 0.3) is 0 Å². The molecule has 2 nitrogen and oxygen atoms in total. The van der Waals surface area contributed by atoms with Gasteiger partial charge >= 0.3 is 0 Å². The van der Waals surface area contributed by atoms with Crippen LogP contribution < -0.4 is 0 Å². The van der Waals surface area contributed by atoms with Crippen LogP contribution in [0.5, 0.6) is 0 Å². The highest BCUT2D eigenvalue weighted by Crippen LogP contribution is 2.12. The number of aliphatic hydroxyl groups excluding tert-OH is 2. The molecule has 0 aliphatic carbocycles. The van der Waals surface area contributed by atoms with Gasteiger partial charge in [-0.15, -0.1) is 0 Å². The lowest BCUT2D eigenvalue weighted by Gasteiger charge is -1.97. The predicted octanol–water partition coefficient (Wildman–Crippen LogP) is 1.72. The van der Waals surface area contributed by atoms with Gasteiger partial charge in [-0.3, -0.25) is 0 Å². The van der Waals surface area contributed by atoms with Gasteiger partial charge in [0, 0.05) is 0 Å². The van der Waals surface area contributed by atoms with Gasteiger partial charge in [0.15, 0.2) is 0 Å². The van der Waals surface area contributed by atoms with Crippen molar-refractivity contribution in [2.24, 2.45) is 0 Å². The summed E-state index contributed by atoms with van der Waals surface area (Å²) < 4.78 is 0.428. The van der Waals surface area contributed by atoms with E-state index in [4.69, 9.17) is 10.2 Å². The molecule has 0 saturated heterocycles. The fourth-order valence-electron chi connectivity index (χ4n) is 0.308. The normalized spacial score (nSPS) is 15.2. The van der Waals surface area contributed by atoms with E-state index in [0.29, 0.717) is 4.48 Å². The van der Waals surface area contributed by atoms with Gasteiger partial charge in [-0.25, -0.2) is 0 Å². The third kappa shape index (κ3) is 4.24. The molecule has 0 aromatic carbocycles. The molecule has 0 aliphatic rings. The van der Waals surface area contributed by atoms with Crippen LogP contribution in [0.25, 0.3) is 0 Å². The van der Waals surface area contributed by atoms with Crippen molar-refractivity contribution in [1.29, 1.82) is 0 Å². The summed E-state index contributed by atoms with van der Waals surface area (Å²) >= 11 is 2.99. The van der Waals surface area contributed by atoms with Crippen LogP contribution in [0.1, 0.15) is 6.92 Å². The van der Waals surface area contributed by atoms with E-state index in [0.717, 1.165) is 0 Å². The van der Waals surface area contributed by atoms with Crippen molar-refractivity contribution < 1.29 is 10.2 Å². The van der Waals surface area contributed by atoms with E-state index in [2.05, 4.69) is 22.5 Å². The Labute approximate surface area is 62.6 Å². The first-order valence-corrected chi connectivity index (χ1v) is 3.27. The van der Waals surface area contributed by atoms with Crippen molar-refractivity contribution in [3.8, 4) is 0 Å². The number of hydrogen-bond acceptors (Lipinski definition) is 2. The van der Waals surface area contributed by atoms with Crippen LogP contribution in [0.4, 0.5) is 0 Å². The molecule has 0 bridgehead atoms. The average molecular weight is 193 g/mol. The quantitative estimate of drug-likeness (QED) is 0.517. The Morgan fingerprint density at radius 1 is 1.78 bits per heavy atom. The SMILES string of the molecule is C=C(O)/C(Br)=C\C(C)O. The van der Waals surface area contributed by atoms with Gasteiger partial charge in [-0.05, 0) is 28.9 Å². The Morgan fingerprint density at radius 3 is 2.33 bits per heavy atom. The summed E-state index contributed by atoms with van der Waals surface area (Å²) in [6.07, 6.45) is 0.880. The second-order valence-corrected chi connectivity index (χ2v) is 2.56. The van der Waals surface area contributed by atoms with Gasteiger partial charge in [0.05, 0.1) is 10.6 Å². The molecule has 1 atom stereocenters. The fourth-order valence-corrected chi connectivity index (χ4v) is 0.691. The lowest BCUT2D eigenvalue weighted by molar-refractivity contribution is 0.243. The van der Waals surface area contributed by atoms with Gasteiger partial charge in [-0.2, -0.15) is 0 Å². The Morgan fingerprint density at radius 2 is 2.22 bits per heavy atom. The molecule has 2 N–H and O–H groups in total. The maximum atomic E-state index is 8.71. The predicted molar refractivity (Wildman–Crippen MR) is 40.5 cm³/mol. The molecule has 0 rings (SSSR count). The van der Waals surface area contributed by atoms with Crippen LogP contribution >= 0.6 is 15.9 Å². The zero-order valence-corrected chi connectivity index (χ0v) is 6.72. The zero-order valence-electron chi connectivity index (χ0n) is 5.13. The molecule has 0 aromatic rings. The molecule has 0 aromatic heterocycles. The van der Waals surface area contributed by atoms with E-state index in [-0.39, 0.29) is 5.76 Å². The van der Waals surface area contributed by atoms with Crippen molar-refractivity contribution >= 4 is 15.9 Å². The van der Waals surface area contributed by atoms with E-state index in [1.54, 1.807) is 6.92 Å². The number of rotatable bonds is 2. The van der Waals surface area contributed by atoms with Crippen LogP contribution in [0, 0.1) is 0 Å². The molecule has 0 fully saturated rings. The van der Waals surface area contributed by atoms with Crippen molar-refractivity contribution in [2.45, 2.75) is 13.0 Å². The highest BCUT2D eigenvalue weighted by molar-refractivity contribution is 9.11.